The Labute approximate surface area is 167 Å². The number of guanidine groups is 1. The van der Waals surface area contributed by atoms with Crippen LogP contribution in [0.2, 0.25) is 5.02 Å². The van der Waals surface area contributed by atoms with E-state index in [0.29, 0.717) is 32.1 Å². The maximum Gasteiger partial charge on any atom is 0.191 e. The summed E-state index contributed by atoms with van der Waals surface area (Å²) >= 11 is 6.49. The average Bonchev–Trinajstić information content (AvgIpc) is 2.64. The van der Waals surface area contributed by atoms with Gasteiger partial charge >= 0.3 is 0 Å². The SMILES string of the molecule is CN=C(NCC1(c2ccccc2Cl)CCOCC1)NC(C)CCS(C)(=O)=O. The Kier molecular flexibility index (Phi) is 7.94. The molecule has 0 saturated carbocycles. The third-order valence-corrected chi connectivity index (χ3v) is 6.32. The Bertz CT molecular complexity index is 746. The Hall–Kier alpha value is -1.31. The molecule has 27 heavy (non-hydrogen) atoms. The standard InChI is InChI=1S/C19H30ClN3O3S/c1-15(8-13-27(3,24)25)23-18(21-2)22-14-19(9-11-26-12-10-19)16-6-4-5-7-17(16)20/h4-7,15H,8-14H2,1-3H3,(H2,21,22,23). The average molecular weight is 416 g/mol. The van der Waals surface area contributed by atoms with Gasteiger partial charge in [0, 0.05) is 49.5 Å². The van der Waals surface area contributed by atoms with Crippen molar-refractivity contribution in [2.45, 2.75) is 37.6 Å². The fraction of sp³-hybridized carbons (Fsp3) is 0.632. The zero-order valence-electron chi connectivity index (χ0n) is 16.3. The van der Waals surface area contributed by atoms with Crippen molar-refractivity contribution in [1.29, 1.82) is 0 Å². The lowest BCUT2D eigenvalue weighted by Gasteiger charge is -2.39. The van der Waals surface area contributed by atoms with Gasteiger partial charge in [0.1, 0.15) is 9.84 Å². The highest BCUT2D eigenvalue weighted by atomic mass is 35.5. The summed E-state index contributed by atoms with van der Waals surface area (Å²) in [6.45, 7) is 4.03. The van der Waals surface area contributed by atoms with Crippen molar-refractivity contribution in [2.24, 2.45) is 4.99 Å². The molecule has 6 nitrogen and oxygen atoms in total. The molecular formula is C19H30ClN3O3S. The number of nitrogens with zero attached hydrogens (tertiary/aromatic N) is 1. The molecule has 1 aromatic carbocycles. The van der Waals surface area contributed by atoms with Gasteiger partial charge in [-0.05, 0) is 37.8 Å². The Balaban J connectivity index is 2.04. The second-order valence-electron chi connectivity index (χ2n) is 7.26. The number of nitrogens with one attached hydrogen (secondary N) is 2. The molecule has 1 heterocycles. The van der Waals surface area contributed by atoms with Crippen LogP contribution in [-0.4, -0.2) is 59.2 Å². The summed E-state index contributed by atoms with van der Waals surface area (Å²) in [5, 5.41) is 7.45. The van der Waals surface area contributed by atoms with Gasteiger partial charge in [0.15, 0.2) is 5.96 Å². The second kappa shape index (κ2) is 9.75. The molecule has 1 aliphatic rings. The van der Waals surface area contributed by atoms with Crippen molar-refractivity contribution >= 4 is 27.4 Å². The van der Waals surface area contributed by atoms with Crippen LogP contribution in [0.25, 0.3) is 0 Å². The van der Waals surface area contributed by atoms with Crippen LogP contribution in [0.1, 0.15) is 31.7 Å². The second-order valence-corrected chi connectivity index (χ2v) is 9.93. The van der Waals surface area contributed by atoms with E-state index >= 15 is 0 Å². The van der Waals surface area contributed by atoms with Crippen molar-refractivity contribution in [3.8, 4) is 0 Å². The molecule has 0 amide bonds. The van der Waals surface area contributed by atoms with Crippen molar-refractivity contribution in [3.05, 3.63) is 34.9 Å². The van der Waals surface area contributed by atoms with Crippen molar-refractivity contribution in [1.82, 2.24) is 10.6 Å². The summed E-state index contributed by atoms with van der Waals surface area (Å²) in [5.74, 6) is 0.813. The lowest BCUT2D eigenvalue weighted by Crippen LogP contribution is -2.50. The zero-order chi connectivity index (χ0) is 19.9. The fourth-order valence-electron chi connectivity index (χ4n) is 3.34. The van der Waals surface area contributed by atoms with E-state index < -0.39 is 9.84 Å². The predicted octanol–water partition coefficient (Wildman–Crippen LogP) is 2.38. The van der Waals surface area contributed by atoms with Crippen LogP contribution in [0.3, 0.4) is 0 Å². The largest absolute Gasteiger partial charge is 0.381 e. The molecule has 0 spiro atoms. The molecule has 1 unspecified atom stereocenters. The molecule has 0 aliphatic carbocycles. The summed E-state index contributed by atoms with van der Waals surface area (Å²) in [5.41, 5.74) is 1.01. The molecule has 1 fully saturated rings. The number of rotatable bonds is 7. The van der Waals surface area contributed by atoms with Crippen LogP contribution in [0.15, 0.2) is 29.3 Å². The summed E-state index contributed by atoms with van der Waals surface area (Å²) in [7, 11) is -1.26. The van der Waals surface area contributed by atoms with Crippen molar-refractivity contribution < 1.29 is 13.2 Å². The lowest BCUT2D eigenvalue weighted by molar-refractivity contribution is 0.0514. The van der Waals surface area contributed by atoms with E-state index in [-0.39, 0.29) is 17.2 Å². The van der Waals surface area contributed by atoms with Crippen LogP contribution in [0.4, 0.5) is 0 Å². The first-order valence-corrected chi connectivity index (χ1v) is 11.7. The highest BCUT2D eigenvalue weighted by Crippen LogP contribution is 2.38. The van der Waals surface area contributed by atoms with E-state index in [2.05, 4.69) is 21.7 Å². The third-order valence-electron chi connectivity index (χ3n) is 5.02. The van der Waals surface area contributed by atoms with E-state index in [9.17, 15) is 8.42 Å². The van der Waals surface area contributed by atoms with Gasteiger partial charge in [-0.2, -0.15) is 0 Å². The van der Waals surface area contributed by atoms with E-state index in [1.807, 2.05) is 25.1 Å². The van der Waals surface area contributed by atoms with Gasteiger partial charge < -0.3 is 15.4 Å². The summed E-state index contributed by atoms with van der Waals surface area (Å²) in [6, 6.07) is 7.96. The van der Waals surface area contributed by atoms with E-state index in [4.69, 9.17) is 16.3 Å². The van der Waals surface area contributed by atoms with Crippen molar-refractivity contribution in [3.63, 3.8) is 0 Å². The third kappa shape index (κ3) is 6.66. The van der Waals surface area contributed by atoms with Crippen molar-refractivity contribution in [2.75, 3.05) is 38.8 Å². The van der Waals surface area contributed by atoms with Gasteiger partial charge in [-0.15, -0.1) is 0 Å². The first kappa shape index (κ1) is 22.0. The molecule has 2 N–H and O–H groups in total. The summed E-state index contributed by atoms with van der Waals surface area (Å²) in [4.78, 5) is 4.28. The summed E-state index contributed by atoms with van der Waals surface area (Å²) in [6.07, 6.45) is 3.54. The number of sulfone groups is 1. The molecule has 8 heteroatoms. The highest BCUT2D eigenvalue weighted by molar-refractivity contribution is 7.90. The molecule has 0 bridgehead atoms. The van der Waals surface area contributed by atoms with Crippen LogP contribution < -0.4 is 10.6 Å². The quantitative estimate of drug-likeness (QED) is 0.528. The molecule has 1 saturated heterocycles. The number of halogens is 1. The minimum atomic E-state index is -2.97. The molecule has 0 aromatic heterocycles. The number of hydrogen-bond acceptors (Lipinski definition) is 4. The molecule has 1 atom stereocenters. The number of ether oxygens (including phenoxy) is 1. The molecule has 152 valence electrons. The molecular weight excluding hydrogens is 386 g/mol. The van der Waals surface area contributed by atoms with Gasteiger partial charge in [-0.3, -0.25) is 4.99 Å². The summed E-state index contributed by atoms with van der Waals surface area (Å²) < 4.78 is 28.3. The lowest BCUT2D eigenvalue weighted by atomic mass is 9.74. The van der Waals surface area contributed by atoms with Gasteiger partial charge in [-0.1, -0.05) is 29.8 Å². The molecule has 1 aliphatic heterocycles. The fourth-order valence-corrected chi connectivity index (χ4v) is 4.46. The predicted molar refractivity (Wildman–Crippen MR) is 111 cm³/mol. The highest BCUT2D eigenvalue weighted by Gasteiger charge is 2.36. The van der Waals surface area contributed by atoms with E-state index in [1.165, 1.54) is 6.26 Å². The van der Waals surface area contributed by atoms with Crippen LogP contribution in [0, 0.1) is 0 Å². The number of hydrogen-bond donors (Lipinski definition) is 2. The van der Waals surface area contributed by atoms with Crippen LogP contribution >= 0.6 is 11.6 Å². The molecule has 2 rings (SSSR count). The molecule has 1 aromatic rings. The smallest absolute Gasteiger partial charge is 0.191 e. The first-order valence-electron chi connectivity index (χ1n) is 9.23. The van der Waals surface area contributed by atoms with Gasteiger partial charge in [0.2, 0.25) is 0 Å². The Morgan fingerprint density at radius 3 is 2.59 bits per heavy atom. The zero-order valence-corrected chi connectivity index (χ0v) is 17.9. The van der Waals surface area contributed by atoms with E-state index in [0.717, 1.165) is 23.4 Å². The Morgan fingerprint density at radius 1 is 1.33 bits per heavy atom. The topological polar surface area (TPSA) is 79.8 Å². The minimum Gasteiger partial charge on any atom is -0.381 e. The normalized spacial score (nSPS) is 18.7. The van der Waals surface area contributed by atoms with Crippen LogP contribution in [-0.2, 0) is 20.0 Å². The first-order chi connectivity index (χ1) is 12.8. The Morgan fingerprint density at radius 2 is 2.00 bits per heavy atom. The number of benzene rings is 1. The van der Waals surface area contributed by atoms with E-state index in [1.54, 1.807) is 7.05 Å². The van der Waals surface area contributed by atoms with Gasteiger partial charge in [0.05, 0.1) is 5.75 Å². The maximum absolute atomic E-state index is 11.4. The number of aliphatic imine (C=N–C) groups is 1. The maximum atomic E-state index is 11.4. The monoisotopic (exact) mass is 415 g/mol. The molecule has 0 radical (unpaired) electrons. The van der Waals surface area contributed by atoms with Crippen LogP contribution in [0.5, 0.6) is 0 Å². The van der Waals surface area contributed by atoms with Gasteiger partial charge in [0.25, 0.3) is 0 Å². The minimum absolute atomic E-state index is 0.00289. The van der Waals surface area contributed by atoms with Gasteiger partial charge in [-0.25, -0.2) is 8.42 Å².